The number of carbonyl (C=O) groups excluding carboxylic acids is 1. The van der Waals surface area contributed by atoms with E-state index in [2.05, 4.69) is 0 Å². The molecular weight excluding hydrogens is 339 g/mol. The van der Waals surface area contributed by atoms with Crippen molar-refractivity contribution in [3.63, 3.8) is 0 Å². The van der Waals surface area contributed by atoms with Gasteiger partial charge in [0, 0.05) is 0 Å². The Morgan fingerprint density at radius 3 is 2.59 bits per heavy atom. The van der Waals surface area contributed by atoms with Gasteiger partial charge in [-0.1, -0.05) is 42.2 Å². The van der Waals surface area contributed by atoms with Gasteiger partial charge in [-0.25, -0.2) is 0 Å². The summed E-state index contributed by atoms with van der Waals surface area (Å²) >= 11 is 5.65. The Morgan fingerprint density at radius 2 is 2.00 bits per heavy atom. The van der Waals surface area contributed by atoms with E-state index in [9.17, 15) is 22.8 Å². The predicted octanol–water partition coefficient (Wildman–Crippen LogP) is 2.99. The summed E-state index contributed by atoms with van der Waals surface area (Å²) in [6.07, 6.45) is -3.48. The fourth-order valence-corrected chi connectivity index (χ4v) is 3.04. The first-order chi connectivity index (χ1) is 10.2. The van der Waals surface area contributed by atoms with Crippen molar-refractivity contribution in [3.8, 4) is 0 Å². The van der Waals surface area contributed by atoms with Crippen LogP contribution in [0.4, 0.5) is 13.2 Å². The standard InChI is InChI=1S/C13H8F3NO3S2/c14-13(15,16)8-4-2-1-3-7(8)5-9-11(20)17(6-10(18)19)12(21)22-9/h1-5H,6H2,(H,18,19)/b9-5-. The summed E-state index contributed by atoms with van der Waals surface area (Å²) in [6.45, 7) is -0.622. The van der Waals surface area contributed by atoms with Crippen LogP contribution in [0, 0.1) is 0 Å². The zero-order valence-corrected chi connectivity index (χ0v) is 12.4. The van der Waals surface area contributed by atoms with E-state index in [-0.39, 0.29) is 14.8 Å². The van der Waals surface area contributed by atoms with Gasteiger partial charge < -0.3 is 5.11 Å². The van der Waals surface area contributed by atoms with E-state index in [1.165, 1.54) is 18.2 Å². The highest BCUT2D eigenvalue weighted by Crippen LogP contribution is 2.36. The van der Waals surface area contributed by atoms with Crippen LogP contribution in [-0.2, 0) is 15.8 Å². The van der Waals surface area contributed by atoms with Crippen molar-refractivity contribution in [3.05, 3.63) is 40.3 Å². The van der Waals surface area contributed by atoms with E-state index in [1.807, 2.05) is 0 Å². The number of halogens is 3. The maximum absolute atomic E-state index is 12.9. The van der Waals surface area contributed by atoms with E-state index >= 15 is 0 Å². The molecule has 1 heterocycles. The number of thioether (sulfide) groups is 1. The van der Waals surface area contributed by atoms with Crippen LogP contribution in [0.15, 0.2) is 29.2 Å². The lowest BCUT2D eigenvalue weighted by molar-refractivity contribution is -0.140. The van der Waals surface area contributed by atoms with Crippen molar-refractivity contribution in [2.24, 2.45) is 0 Å². The molecule has 2 rings (SSSR count). The number of hydrogen-bond donors (Lipinski definition) is 1. The van der Waals surface area contributed by atoms with Crippen LogP contribution in [0.25, 0.3) is 6.08 Å². The third kappa shape index (κ3) is 3.47. The molecule has 1 aliphatic rings. The van der Waals surface area contributed by atoms with Crippen LogP contribution in [0.3, 0.4) is 0 Å². The first kappa shape index (κ1) is 16.5. The predicted molar refractivity (Wildman–Crippen MR) is 79.0 cm³/mol. The second-order valence-corrected chi connectivity index (χ2v) is 5.92. The van der Waals surface area contributed by atoms with Gasteiger partial charge in [0.25, 0.3) is 5.91 Å². The molecule has 1 amide bonds. The van der Waals surface area contributed by atoms with Gasteiger partial charge in [0.1, 0.15) is 10.9 Å². The Morgan fingerprint density at radius 1 is 1.36 bits per heavy atom. The smallest absolute Gasteiger partial charge is 0.416 e. The molecule has 1 aliphatic heterocycles. The summed E-state index contributed by atoms with van der Waals surface area (Å²) in [6, 6.07) is 4.80. The van der Waals surface area contributed by atoms with Gasteiger partial charge in [-0.15, -0.1) is 0 Å². The average molecular weight is 347 g/mol. The molecule has 4 nitrogen and oxygen atoms in total. The van der Waals surface area contributed by atoms with Gasteiger partial charge in [0.15, 0.2) is 0 Å². The molecule has 0 saturated carbocycles. The minimum absolute atomic E-state index is 0.00291. The van der Waals surface area contributed by atoms with Gasteiger partial charge in [-0.2, -0.15) is 13.2 Å². The maximum Gasteiger partial charge on any atom is 0.416 e. The average Bonchev–Trinajstić information content (AvgIpc) is 2.65. The molecule has 1 saturated heterocycles. The molecule has 0 spiro atoms. The number of rotatable bonds is 3. The summed E-state index contributed by atoms with van der Waals surface area (Å²) in [5, 5.41) is 8.71. The van der Waals surface area contributed by atoms with Crippen LogP contribution in [-0.4, -0.2) is 32.7 Å². The van der Waals surface area contributed by atoms with Crippen LogP contribution in [0.1, 0.15) is 11.1 Å². The van der Waals surface area contributed by atoms with E-state index < -0.39 is 30.2 Å². The molecule has 0 aliphatic carbocycles. The van der Waals surface area contributed by atoms with E-state index in [0.29, 0.717) is 0 Å². The molecule has 0 atom stereocenters. The third-order valence-electron chi connectivity index (χ3n) is 2.72. The molecule has 0 radical (unpaired) electrons. The number of aliphatic carboxylic acids is 1. The van der Waals surface area contributed by atoms with Crippen molar-refractivity contribution < 1.29 is 27.9 Å². The van der Waals surface area contributed by atoms with Crippen LogP contribution < -0.4 is 0 Å². The minimum atomic E-state index is -4.55. The summed E-state index contributed by atoms with van der Waals surface area (Å²) in [7, 11) is 0. The molecular formula is C13H8F3NO3S2. The molecule has 9 heteroatoms. The normalized spacial score (nSPS) is 17.4. The number of thiocarbonyl (C=S) groups is 1. The van der Waals surface area contributed by atoms with Crippen LogP contribution in [0.5, 0.6) is 0 Å². The molecule has 22 heavy (non-hydrogen) atoms. The monoisotopic (exact) mass is 347 g/mol. The molecule has 0 aromatic heterocycles. The number of hydrogen-bond acceptors (Lipinski definition) is 4. The summed E-state index contributed by atoms with van der Waals surface area (Å²) in [5.41, 5.74) is -1.05. The number of carboxylic acid groups (broad SMARTS) is 1. The zero-order chi connectivity index (χ0) is 16.5. The first-order valence-electron chi connectivity index (χ1n) is 5.83. The lowest BCUT2D eigenvalue weighted by Gasteiger charge is -2.11. The molecule has 0 unspecified atom stereocenters. The first-order valence-corrected chi connectivity index (χ1v) is 7.06. The molecule has 1 fully saturated rings. The van der Waals surface area contributed by atoms with E-state index in [0.717, 1.165) is 28.8 Å². The summed E-state index contributed by atoms with van der Waals surface area (Å²) in [4.78, 5) is 23.5. The van der Waals surface area contributed by atoms with E-state index in [1.54, 1.807) is 0 Å². The van der Waals surface area contributed by atoms with Crippen molar-refractivity contribution in [2.45, 2.75) is 6.18 Å². The van der Waals surface area contributed by atoms with Gasteiger partial charge in [0.05, 0.1) is 10.5 Å². The van der Waals surface area contributed by atoms with Gasteiger partial charge in [-0.3, -0.25) is 14.5 Å². The summed E-state index contributed by atoms with van der Waals surface area (Å²) in [5.74, 6) is -1.97. The SMILES string of the molecule is O=C(O)CN1C(=O)/C(=C/c2ccccc2C(F)(F)F)SC1=S. The Hall–Kier alpha value is -1.87. The van der Waals surface area contributed by atoms with Crippen molar-refractivity contribution >= 4 is 46.3 Å². The maximum atomic E-state index is 12.9. The Labute approximate surface area is 132 Å². The van der Waals surface area contributed by atoms with Crippen LogP contribution >= 0.6 is 24.0 Å². The quantitative estimate of drug-likeness (QED) is 0.673. The fourth-order valence-electron chi connectivity index (χ4n) is 1.79. The molecule has 1 aromatic carbocycles. The molecule has 1 N–H and O–H groups in total. The zero-order valence-electron chi connectivity index (χ0n) is 10.8. The number of nitrogens with zero attached hydrogens (tertiary/aromatic N) is 1. The largest absolute Gasteiger partial charge is 0.480 e. The number of carboxylic acids is 1. The molecule has 0 bridgehead atoms. The third-order valence-corrected chi connectivity index (χ3v) is 4.10. The number of benzene rings is 1. The Bertz CT molecular complexity index is 685. The molecule has 116 valence electrons. The minimum Gasteiger partial charge on any atom is -0.480 e. The number of alkyl halides is 3. The van der Waals surface area contributed by atoms with E-state index in [4.69, 9.17) is 17.3 Å². The highest BCUT2D eigenvalue weighted by molar-refractivity contribution is 8.26. The Kier molecular flexibility index (Phi) is 4.57. The Balaban J connectivity index is 2.38. The summed E-state index contributed by atoms with van der Waals surface area (Å²) < 4.78 is 38.7. The van der Waals surface area contributed by atoms with Gasteiger partial charge in [-0.05, 0) is 17.7 Å². The second-order valence-electron chi connectivity index (χ2n) is 4.25. The van der Waals surface area contributed by atoms with Crippen LogP contribution in [0.2, 0.25) is 0 Å². The van der Waals surface area contributed by atoms with Crippen molar-refractivity contribution in [2.75, 3.05) is 6.54 Å². The van der Waals surface area contributed by atoms with Crippen molar-refractivity contribution in [1.82, 2.24) is 4.90 Å². The van der Waals surface area contributed by atoms with Crippen molar-refractivity contribution in [1.29, 1.82) is 0 Å². The fraction of sp³-hybridized carbons (Fsp3) is 0.154. The number of carbonyl (C=O) groups is 2. The second kappa shape index (κ2) is 6.09. The van der Waals surface area contributed by atoms with Gasteiger partial charge in [0.2, 0.25) is 0 Å². The lowest BCUT2D eigenvalue weighted by Crippen LogP contribution is -2.33. The number of amides is 1. The lowest BCUT2D eigenvalue weighted by atomic mass is 10.1. The van der Waals surface area contributed by atoms with Gasteiger partial charge >= 0.3 is 12.1 Å². The highest BCUT2D eigenvalue weighted by Gasteiger charge is 2.36. The molecule has 1 aromatic rings. The topological polar surface area (TPSA) is 57.6 Å². The highest BCUT2D eigenvalue weighted by atomic mass is 32.2.